The summed E-state index contributed by atoms with van der Waals surface area (Å²) in [4.78, 5) is 22.1. The van der Waals surface area contributed by atoms with Gasteiger partial charge in [-0.1, -0.05) is 12.1 Å². The smallest absolute Gasteiger partial charge is 0.160 e. The summed E-state index contributed by atoms with van der Waals surface area (Å²) in [6, 6.07) is 5.00. The molecular weight excluding hydrogens is 172 g/mol. The van der Waals surface area contributed by atoms with Crippen LogP contribution in [0.25, 0.3) is 0 Å². The van der Waals surface area contributed by atoms with Crippen molar-refractivity contribution in [2.24, 2.45) is 0 Å². The van der Waals surface area contributed by atoms with Crippen molar-refractivity contribution >= 4 is 24.7 Å². The average Bonchev–Trinajstić information content (AvgIpc) is 2.03. The molecule has 0 aliphatic carbocycles. The minimum absolute atomic E-state index is 0.118. The Morgan fingerprint density at radius 3 is 2.58 bits per heavy atom. The summed E-state index contributed by atoms with van der Waals surface area (Å²) in [5.74, 6) is -0.118. The molecule has 1 aromatic carbocycles. The monoisotopic (exact) mass is 180 g/mol. The molecule has 62 valence electrons. The molecule has 2 nitrogen and oxygen atoms in total. The van der Waals surface area contributed by atoms with E-state index in [9.17, 15) is 9.59 Å². The molecule has 0 saturated carbocycles. The highest BCUT2D eigenvalue weighted by Crippen LogP contribution is 2.16. The molecule has 0 aliphatic rings. The number of hydrogen-bond donors (Lipinski definition) is 1. The Morgan fingerprint density at radius 2 is 2.17 bits per heavy atom. The highest BCUT2D eigenvalue weighted by atomic mass is 32.1. The number of carbonyl (C=O) groups excluding carboxylic acids is 2. The van der Waals surface area contributed by atoms with E-state index in [1.165, 1.54) is 6.92 Å². The average molecular weight is 180 g/mol. The predicted octanol–water partition coefficient (Wildman–Crippen LogP) is 1.99. The first-order valence-electron chi connectivity index (χ1n) is 3.45. The van der Waals surface area contributed by atoms with Crippen molar-refractivity contribution in [1.29, 1.82) is 0 Å². The molecule has 0 heterocycles. The Bertz CT molecular complexity index is 331. The third-order valence-electron chi connectivity index (χ3n) is 1.58. The maximum atomic E-state index is 11.0. The van der Waals surface area contributed by atoms with Crippen molar-refractivity contribution in [3.63, 3.8) is 0 Å². The maximum absolute atomic E-state index is 11.0. The second-order valence-electron chi connectivity index (χ2n) is 2.41. The fourth-order valence-electron chi connectivity index (χ4n) is 0.984. The number of Topliss-reactive ketones (excluding diaryl/α,β-unsaturated/α-hetero) is 1. The first kappa shape index (κ1) is 9.00. The lowest BCUT2D eigenvalue weighted by Gasteiger charge is -2.01. The SMILES string of the molecule is CC(=O)c1cccc(S)c1C=O. The van der Waals surface area contributed by atoms with Crippen LogP contribution in [0.1, 0.15) is 27.6 Å². The molecule has 0 N–H and O–H groups in total. The van der Waals surface area contributed by atoms with E-state index in [0.717, 1.165) is 0 Å². The van der Waals surface area contributed by atoms with Gasteiger partial charge in [-0.2, -0.15) is 0 Å². The Labute approximate surface area is 76.0 Å². The van der Waals surface area contributed by atoms with E-state index in [2.05, 4.69) is 12.6 Å². The van der Waals surface area contributed by atoms with Gasteiger partial charge < -0.3 is 0 Å². The van der Waals surface area contributed by atoms with Gasteiger partial charge >= 0.3 is 0 Å². The molecule has 0 spiro atoms. The summed E-state index contributed by atoms with van der Waals surface area (Å²) in [5.41, 5.74) is 0.797. The Balaban J connectivity index is 3.37. The number of aldehydes is 1. The molecule has 0 radical (unpaired) electrons. The van der Waals surface area contributed by atoms with Gasteiger partial charge in [-0.25, -0.2) is 0 Å². The Morgan fingerprint density at radius 1 is 1.50 bits per heavy atom. The summed E-state index contributed by atoms with van der Waals surface area (Å²) < 4.78 is 0. The van der Waals surface area contributed by atoms with E-state index >= 15 is 0 Å². The molecule has 3 heteroatoms. The molecule has 0 fully saturated rings. The highest BCUT2D eigenvalue weighted by Gasteiger charge is 2.07. The van der Waals surface area contributed by atoms with E-state index in [1.54, 1.807) is 18.2 Å². The van der Waals surface area contributed by atoms with Gasteiger partial charge in [0, 0.05) is 16.0 Å². The van der Waals surface area contributed by atoms with Gasteiger partial charge in [0.1, 0.15) is 0 Å². The molecule has 0 atom stereocenters. The zero-order valence-electron chi connectivity index (χ0n) is 6.57. The van der Waals surface area contributed by atoms with Crippen molar-refractivity contribution < 1.29 is 9.59 Å². The molecule has 0 unspecified atom stereocenters. The van der Waals surface area contributed by atoms with Crippen molar-refractivity contribution in [3.8, 4) is 0 Å². The minimum Gasteiger partial charge on any atom is -0.298 e. The summed E-state index contributed by atoms with van der Waals surface area (Å²) >= 11 is 4.06. The molecule has 12 heavy (non-hydrogen) atoms. The number of hydrogen-bond acceptors (Lipinski definition) is 3. The third-order valence-corrected chi connectivity index (χ3v) is 1.97. The first-order chi connectivity index (χ1) is 5.66. The molecule has 0 saturated heterocycles. The normalized spacial score (nSPS) is 9.50. The van der Waals surface area contributed by atoms with Crippen LogP contribution in [0.4, 0.5) is 0 Å². The molecule has 0 amide bonds. The fourth-order valence-corrected chi connectivity index (χ4v) is 1.24. The van der Waals surface area contributed by atoms with E-state index in [-0.39, 0.29) is 5.78 Å². The van der Waals surface area contributed by atoms with Crippen LogP contribution in [0.5, 0.6) is 0 Å². The topological polar surface area (TPSA) is 34.1 Å². The van der Waals surface area contributed by atoms with E-state index in [4.69, 9.17) is 0 Å². The van der Waals surface area contributed by atoms with E-state index in [1.807, 2.05) is 0 Å². The lowest BCUT2D eigenvalue weighted by atomic mass is 10.1. The zero-order valence-corrected chi connectivity index (χ0v) is 7.47. The first-order valence-corrected chi connectivity index (χ1v) is 3.89. The van der Waals surface area contributed by atoms with Gasteiger partial charge in [0.25, 0.3) is 0 Å². The number of ketones is 1. The second kappa shape index (κ2) is 3.54. The van der Waals surface area contributed by atoms with Gasteiger partial charge in [0.05, 0.1) is 0 Å². The van der Waals surface area contributed by atoms with Crippen LogP contribution in [0.3, 0.4) is 0 Å². The third kappa shape index (κ3) is 1.56. The quantitative estimate of drug-likeness (QED) is 0.429. The van der Waals surface area contributed by atoms with Crippen LogP contribution in [0.2, 0.25) is 0 Å². The second-order valence-corrected chi connectivity index (χ2v) is 2.89. The predicted molar refractivity (Wildman–Crippen MR) is 49.1 cm³/mol. The highest BCUT2D eigenvalue weighted by molar-refractivity contribution is 7.80. The van der Waals surface area contributed by atoms with Crippen LogP contribution in [-0.4, -0.2) is 12.1 Å². The van der Waals surface area contributed by atoms with E-state index in [0.29, 0.717) is 22.3 Å². The van der Waals surface area contributed by atoms with Crippen molar-refractivity contribution in [2.45, 2.75) is 11.8 Å². The summed E-state index contributed by atoms with van der Waals surface area (Å²) in [7, 11) is 0. The lowest BCUT2D eigenvalue weighted by molar-refractivity contribution is 0.100. The van der Waals surface area contributed by atoms with E-state index < -0.39 is 0 Å². The Kier molecular flexibility index (Phi) is 2.65. The van der Waals surface area contributed by atoms with Crippen LogP contribution in [0, 0.1) is 0 Å². The molecule has 1 aromatic rings. The van der Waals surface area contributed by atoms with Gasteiger partial charge in [0.15, 0.2) is 12.1 Å². The van der Waals surface area contributed by atoms with Crippen molar-refractivity contribution in [2.75, 3.05) is 0 Å². The number of thiol groups is 1. The maximum Gasteiger partial charge on any atom is 0.160 e. The van der Waals surface area contributed by atoms with Gasteiger partial charge in [-0.3, -0.25) is 9.59 Å². The summed E-state index contributed by atoms with van der Waals surface area (Å²) in [6.45, 7) is 1.43. The van der Waals surface area contributed by atoms with Gasteiger partial charge in [0.2, 0.25) is 0 Å². The largest absolute Gasteiger partial charge is 0.298 e. The Hall–Kier alpha value is -1.09. The minimum atomic E-state index is -0.118. The zero-order chi connectivity index (χ0) is 9.14. The number of rotatable bonds is 2. The molecule has 0 aromatic heterocycles. The lowest BCUT2D eigenvalue weighted by Crippen LogP contribution is -1.99. The van der Waals surface area contributed by atoms with Gasteiger partial charge in [-0.15, -0.1) is 12.6 Å². The van der Waals surface area contributed by atoms with Crippen LogP contribution in [0.15, 0.2) is 23.1 Å². The van der Waals surface area contributed by atoms with Gasteiger partial charge in [-0.05, 0) is 13.0 Å². The van der Waals surface area contributed by atoms with Crippen LogP contribution < -0.4 is 0 Å². The number of carbonyl (C=O) groups is 2. The standard InChI is InChI=1S/C9H8O2S/c1-6(11)7-3-2-4-9(12)8(7)5-10/h2-5,12H,1H3. The molecule has 0 aliphatic heterocycles. The van der Waals surface area contributed by atoms with Crippen molar-refractivity contribution in [1.82, 2.24) is 0 Å². The van der Waals surface area contributed by atoms with Crippen LogP contribution in [-0.2, 0) is 0 Å². The molecule has 0 bridgehead atoms. The summed E-state index contributed by atoms with van der Waals surface area (Å²) in [6.07, 6.45) is 0.652. The van der Waals surface area contributed by atoms with Crippen LogP contribution >= 0.6 is 12.6 Å². The van der Waals surface area contributed by atoms with Crippen molar-refractivity contribution in [3.05, 3.63) is 29.3 Å². The summed E-state index contributed by atoms with van der Waals surface area (Å²) in [5, 5.41) is 0. The fraction of sp³-hybridized carbons (Fsp3) is 0.111. The molecular formula is C9H8O2S. The molecule has 1 rings (SSSR count). The number of benzene rings is 1.